The summed E-state index contributed by atoms with van der Waals surface area (Å²) in [5.74, 6) is 0.450. The number of amides is 1. The van der Waals surface area contributed by atoms with Gasteiger partial charge in [0.25, 0.3) is 5.91 Å². The topological polar surface area (TPSA) is 49.8 Å². The molecule has 0 saturated heterocycles. The SMILES string of the molecule is CC(C)(C)C(=O)N(O)Cc1ccc(OCc2ccccc2)cc1. The van der Waals surface area contributed by atoms with Gasteiger partial charge < -0.3 is 4.74 Å². The maximum atomic E-state index is 11.9. The van der Waals surface area contributed by atoms with Gasteiger partial charge in [0.2, 0.25) is 0 Å². The molecule has 0 unspecified atom stereocenters. The summed E-state index contributed by atoms with van der Waals surface area (Å²) in [7, 11) is 0. The van der Waals surface area contributed by atoms with Gasteiger partial charge in [-0.1, -0.05) is 63.2 Å². The Labute approximate surface area is 137 Å². The number of ether oxygens (including phenoxy) is 1. The summed E-state index contributed by atoms with van der Waals surface area (Å²) < 4.78 is 5.71. The summed E-state index contributed by atoms with van der Waals surface area (Å²) >= 11 is 0. The lowest BCUT2D eigenvalue weighted by Crippen LogP contribution is -2.36. The van der Waals surface area contributed by atoms with Crippen molar-refractivity contribution in [2.75, 3.05) is 0 Å². The molecule has 122 valence electrons. The predicted octanol–water partition coefficient (Wildman–Crippen LogP) is 4.03. The van der Waals surface area contributed by atoms with Crippen molar-refractivity contribution in [3.63, 3.8) is 0 Å². The highest BCUT2D eigenvalue weighted by Crippen LogP contribution is 2.19. The molecule has 4 heteroatoms. The Hall–Kier alpha value is -2.33. The molecule has 0 aliphatic rings. The summed E-state index contributed by atoms with van der Waals surface area (Å²) in [6.45, 7) is 6.00. The number of benzene rings is 2. The second-order valence-electron chi connectivity index (χ2n) is 6.53. The van der Waals surface area contributed by atoms with Crippen molar-refractivity contribution in [1.82, 2.24) is 5.06 Å². The Morgan fingerprint density at radius 2 is 1.61 bits per heavy atom. The lowest BCUT2D eigenvalue weighted by molar-refractivity contribution is -0.177. The Bertz CT molecular complexity index is 630. The molecule has 23 heavy (non-hydrogen) atoms. The molecule has 2 aromatic rings. The first kappa shape index (κ1) is 17.0. The molecule has 0 aromatic heterocycles. The number of carbonyl (C=O) groups excluding carboxylic acids is 1. The zero-order valence-electron chi connectivity index (χ0n) is 13.8. The number of hydrogen-bond acceptors (Lipinski definition) is 3. The molecule has 0 radical (unpaired) electrons. The van der Waals surface area contributed by atoms with Gasteiger partial charge in [0.05, 0.1) is 6.54 Å². The smallest absolute Gasteiger partial charge is 0.251 e. The maximum Gasteiger partial charge on any atom is 0.251 e. The van der Waals surface area contributed by atoms with E-state index in [1.165, 1.54) is 0 Å². The summed E-state index contributed by atoms with van der Waals surface area (Å²) in [6.07, 6.45) is 0. The number of hydroxylamine groups is 2. The van der Waals surface area contributed by atoms with Gasteiger partial charge in [-0.25, -0.2) is 5.06 Å². The Kier molecular flexibility index (Phi) is 5.40. The highest BCUT2D eigenvalue weighted by Gasteiger charge is 2.26. The van der Waals surface area contributed by atoms with Gasteiger partial charge in [-0.2, -0.15) is 0 Å². The first-order valence-corrected chi connectivity index (χ1v) is 7.63. The van der Waals surface area contributed by atoms with Crippen molar-refractivity contribution in [1.29, 1.82) is 0 Å². The van der Waals surface area contributed by atoms with Gasteiger partial charge in [0, 0.05) is 5.41 Å². The monoisotopic (exact) mass is 313 g/mol. The number of nitrogens with zero attached hydrogens (tertiary/aromatic N) is 1. The first-order chi connectivity index (χ1) is 10.9. The largest absolute Gasteiger partial charge is 0.489 e. The molecule has 0 spiro atoms. The number of hydrogen-bond donors (Lipinski definition) is 1. The zero-order chi connectivity index (χ0) is 16.9. The van der Waals surface area contributed by atoms with Crippen LogP contribution in [0, 0.1) is 5.41 Å². The molecular weight excluding hydrogens is 290 g/mol. The molecule has 2 rings (SSSR count). The van der Waals surface area contributed by atoms with Gasteiger partial charge in [-0.3, -0.25) is 10.0 Å². The van der Waals surface area contributed by atoms with Gasteiger partial charge in [0.1, 0.15) is 12.4 Å². The van der Waals surface area contributed by atoms with Gasteiger partial charge in [0.15, 0.2) is 0 Å². The van der Waals surface area contributed by atoms with Gasteiger partial charge >= 0.3 is 0 Å². The van der Waals surface area contributed by atoms with E-state index in [9.17, 15) is 10.0 Å². The van der Waals surface area contributed by atoms with Crippen LogP contribution in [0.1, 0.15) is 31.9 Å². The number of rotatable bonds is 5. The van der Waals surface area contributed by atoms with Crippen LogP contribution in [-0.2, 0) is 17.9 Å². The molecule has 0 atom stereocenters. The predicted molar refractivity (Wildman–Crippen MR) is 89.0 cm³/mol. The molecule has 4 nitrogen and oxygen atoms in total. The van der Waals surface area contributed by atoms with Crippen LogP contribution in [0.4, 0.5) is 0 Å². The third-order valence-electron chi connectivity index (χ3n) is 3.38. The normalized spacial score (nSPS) is 11.1. The average molecular weight is 313 g/mol. The lowest BCUT2D eigenvalue weighted by atomic mass is 9.95. The van der Waals surface area contributed by atoms with Crippen LogP contribution in [0.3, 0.4) is 0 Å². The third-order valence-corrected chi connectivity index (χ3v) is 3.38. The maximum absolute atomic E-state index is 11.9. The summed E-state index contributed by atoms with van der Waals surface area (Å²) in [5.41, 5.74) is 1.35. The van der Waals surface area contributed by atoms with E-state index in [4.69, 9.17) is 4.74 Å². The fourth-order valence-electron chi connectivity index (χ4n) is 2.06. The van der Waals surface area contributed by atoms with Crippen molar-refractivity contribution < 1.29 is 14.7 Å². The van der Waals surface area contributed by atoms with Crippen LogP contribution in [0.25, 0.3) is 0 Å². The van der Waals surface area contributed by atoms with E-state index >= 15 is 0 Å². The molecular formula is C19H23NO3. The van der Waals surface area contributed by atoms with Crippen LogP contribution in [-0.4, -0.2) is 16.2 Å². The summed E-state index contributed by atoms with van der Waals surface area (Å²) in [6, 6.07) is 17.3. The second kappa shape index (κ2) is 7.29. The van der Waals surface area contributed by atoms with Crippen molar-refractivity contribution in [3.8, 4) is 5.75 Å². The highest BCUT2D eigenvalue weighted by molar-refractivity contribution is 5.80. The average Bonchev–Trinajstić information content (AvgIpc) is 2.53. The minimum Gasteiger partial charge on any atom is -0.489 e. The Balaban J connectivity index is 1.90. The van der Waals surface area contributed by atoms with E-state index in [1.807, 2.05) is 54.6 Å². The molecule has 1 amide bonds. The molecule has 1 N–H and O–H groups in total. The highest BCUT2D eigenvalue weighted by atomic mass is 16.5. The molecule has 0 aliphatic heterocycles. The molecule has 0 saturated carbocycles. The first-order valence-electron chi connectivity index (χ1n) is 7.63. The van der Waals surface area contributed by atoms with E-state index in [-0.39, 0.29) is 12.5 Å². The fraction of sp³-hybridized carbons (Fsp3) is 0.316. The van der Waals surface area contributed by atoms with Crippen LogP contribution >= 0.6 is 0 Å². The van der Waals surface area contributed by atoms with Crippen LogP contribution < -0.4 is 4.74 Å². The van der Waals surface area contributed by atoms with Crippen molar-refractivity contribution in [2.45, 2.75) is 33.9 Å². The van der Waals surface area contributed by atoms with E-state index in [1.54, 1.807) is 20.8 Å². The minimum atomic E-state index is -0.604. The molecule has 0 heterocycles. The van der Waals surface area contributed by atoms with E-state index in [2.05, 4.69) is 0 Å². The van der Waals surface area contributed by atoms with Crippen LogP contribution in [0.15, 0.2) is 54.6 Å². The number of carbonyl (C=O) groups is 1. The second-order valence-corrected chi connectivity index (χ2v) is 6.53. The fourth-order valence-corrected chi connectivity index (χ4v) is 2.06. The lowest BCUT2D eigenvalue weighted by Gasteiger charge is -2.24. The van der Waals surface area contributed by atoms with Crippen LogP contribution in [0.5, 0.6) is 5.75 Å². The Morgan fingerprint density at radius 3 is 2.17 bits per heavy atom. The van der Waals surface area contributed by atoms with E-state index < -0.39 is 5.41 Å². The minimum absolute atomic E-state index is 0.162. The Morgan fingerprint density at radius 1 is 1.00 bits per heavy atom. The molecule has 0 fully saturated rings. The van der Waals surface area contributed by atoms with E-state index in [0.29, 0.717) is 6.61 Å². The summed E-state index contributed by atoms with van der Waals surface area (Å²) in [4.78, 5) is 11.9. The molecule has 0 bridgehead atoms. The van der Waals surface area contributed by atoms with Crippen molar-refractivity contribution in [3.05, 3.63) is 65.7 Å². The quantitative estimate of drug-likeness (QED) is 0.670. The van der Waals surface area contributed by atoms with E-state index in [0.717, 1.165) is 21.9 Å². The van der Waals surface area contributed by atoms with Gasteiger partial charge in [-0.05, 0) is 23.3 Å². The molecule has 2 aromatic carbocycles. The molecule has 0 aliphatic carbocycles. The van der Waals surface area contributed by atoms with Crippen molar-refractivity contribution in [2.24, 2.45) is 5.41 Å². The zero-order valence-corrected chi connectivity index (χ0v) is 13.8. The van der Waals surface area contributed by atoms with Crippen molar-refractivity contribution >= 4 is 5.91 Å². The standard InChI is InChI=1S/C19H23NO3/c1-19(2,3)18(21)20(22)13-15-9-11-17(12-10-15)23-14-16-7-5-4-6-8-16/h4-12,22H,13-14H2,1-3H3. The van der Waals surface area contributed by atoms with Crippen LogP contribution in [0.2, 0.25) is 0 Å². The summed E-state index contributed by atoms with van der Waals surface area (Å²) in [5, 5.41) is 10.6. The van der Waals surface area contributed by atoms with Gasteiger partial charge in [-0.15, -0.1) is 0 Å². The third kappa shape index (κ3) is 5.11.